The van der Waals surface area contributed by atoms with Crippen molar-refractivity contribution >= 4 is 18.0 Å². The summed E-state index contributed by atoms with van der Waals surface area (Å²) in [5.74, 6) is 0.137. The zero-order valence-corrected chi connectivity index (χ0v) is 34.9. The summed E-state index contributed by atoms with van der Waals surface area (Å²) in [6, 6.07) is 0. The standard InChI is InChI=1S/C47H63N3O8/c1-7-8-12-23-38(51)47(5,6)41-26-19-22-35-30-34(35)21-15-16-27-42-49-36(31-55-42)44(53)57-40(46(3,4)39(52)24-17-18-28-48)25-14-11-9-10-13-20-33(2)29-43-50-37(32-56-43)45(54)58-41/h9-17,19-24,27,31-35,38-41,51-52H,7-8,18,25-26,28-30,48H2,1-6H3/b10-9-,14-11-,20-13+,21-15+,22-19-,23-12+,24-17+,27-16-/t33-,34+,35-,38-,39-,40-,41-/m0/s1. The maximum atomic E-state index is 13.4. The first-order chi connectivity index (χ1) is 27.8. The Balaban J connectivity index is 1.56. The molecule has 11 heteroatoms. The predicted octanol–water partition coefficient (Wildman–Crippen LogP) is 8.85. The largest absolute Gasteiger partial charge is 0.457 e. The molecule has 0 radical (unpaired) electrons. The number of nitrogens with zero attached hydrogens (tertiary/aromatic N) is 2. The molecule has 11 nitrogen and oxygen atoms in total. The third kappa shape index (κ3) is 13.9. The fourth-order valence-corrected chi connectivity index (χ4v) is 6.34. The Kier molecular flexibility index (Phi) is 17.7. The maximum Gasteiger partial charge on any atom is 0.360 e. The molecule has 2 aliphatic rings. The molecule has 314 valence electrons. The summed E-state index contributed by atoms with van der Waals surface area (Å²) >= 11 is 0. The summed E-state index contributed by atoms with van der Waals surface area (Å²) in [7, 11) is 0. The smallest absolute Gasteiger partial charge is 0.360 e. The van der Waals surface area contributed by atoms with Gasteiger partial charge in [-0.05, 0) is 43.6 Å². The van der Waals surface area contributed by atoms with Gasteiger partial charge in [-0.25, -0.2) is 19.6 Å². The first-order valence-electron chi connectivity index (χ1n) is 20.5. The number of oxazole rings is 2. The Morgan fingerprint density at radius 3 is 2.03 bits per heavy atom. The quantitative estimate of drug-likeness (QED) is 0.155. The van der Waals surface area contributed by atoms with Crippen LogP contribution in [0.15, 0.2) is 113 Å². The number of hydrogen-bond donors (Lipinski definition) is 3. The monoisotopic (exact) mass is 797 g/mol. The van der Waals surface area contributed by atoms with Crippen LogP contribution in [0.3, 0.4) is 0 Å². The van der Waals surface area contributed by atoms with Crippen molar-refractivity contribution in [2.45, 2.75) is 111 Å². The Hall–Kier alpha value is -4.84. The minimum absolute atomic E-state index is 0.0328. The van der Waals surface area contributed by atoms with Crippen LogP contribution < -0.4 is 5.73 Å². The van der Waals surface area contributed by atoms with E-state index < -0.39 is 47.2 Å². The number of nitrogens with two attached hydrogens (primary N) is 1. The van der Waals surface area contributed by atoms with Gasteiger partial charge in [0.2, 0.25) is 5.89 Å². The molecule has 3 heterocycles. The molecule has 1 aliphatic carbocycles. The van der Waals surface area contributed by atoms with Crippen LogP contribution >= 0.6 is 0 Å². The van der Waals surface area contributed by atoms with Crippen molar-refractivity contribution in [3.05, 3.63) is 127 Å². The second-order valence-corrected chi connectivity index (χ2v) is 16.3. The van der Waals surface area contributed by atoms with E-state index in [9.17, 15) is 19.8 Å². The molecular formula is C47H63N3O8. The number of carbonyl (C=O) groups excluding carboxylic acids is 2. The SMILES string of the molecule is CCC/C=C/[C@H](O)C(C)(C)[C@@H]1C/C=C\[C@H]2C[C@H]2/C=C/C=C\c2nc(co2)C(=O)O[C@H](C(C)(C)[C@@H](O)/C=C/CCN)C\C=C/C=C\C=C\[C@H](C)Cc2nc(co2)C(=O)O1. The number of aliphatic hydroxyl groups excluding tert-OH is 2. The molecule has 1 saturated carbocycles. The van der Waals surface area contributed by atoms with Gasteiger partial charge in [-0.15, -0.1) is 0 Å². The van der Waals surface area contributed by atoms with Crippen LogP contribution in [0.25, 0.3) is 6.08 Å². The number of unbranched alkanes of at least 4 members (excludes halogenated alkanes) is 1. The molecular weight excluding hydrogens is 735 g/mol. The molecule has 0 unspecified atom stereocenters. The van der Waals surface area contributed by atoms with Crippen LogP contribution in [-0.2, 0) is 15.9 Å². The molecule has 2 aromatic heterocycles. The Labute approximate surface area is 343 Å². The van der Waals surface area contributed by atoms with Gasteiger partial charge in [0.25, 0.3) is 0 Å². The number of cyclic esters (lactones) is 2. The van der Waals surface area contributed by atoms with E-state index >= 15 is 0 Å². The summed E-state index contributed by atoms with van der Waals surface area (Å²) in [5.41, 5.74) is 4.11. The second kappa shape index (κ2) is 22.3. The van der Waals surface area contributed by atoms with Crippen LogP contribution in [0.1, 0.15) is 113 Å². The van der Waals surface area contributed by atoms with Crippen molar-refractivity contribution in [3.8, 4) is 0 Å². The van der Waals surface area contributed by atoms with Gasteiger partial charge in [0.15, 0.2) is 17.3 Å². The summed E-state index contributed by atoms with van der Waals surface area (Å²) in [6.07, 6.45) is 34.5. The molecule has 4 rings (SSSR count). The number of carbonyl (C=O) groups is 2. The van der Waals surface area contributed by atoms with E-state index in [1.807, 2.05) is 101 Å². The Morgan fingerprint density at radius 2 is 1.36 bits per heavy atom. The number of hydrogen-bond acceptors (Lipinski definition) is 11. The van der Waals surface area contributed by atoms with E-state index in [0.29, 0.717) is 50.0 Å². The van der Waals surface area contributed by atoms with Crippen LogP contribution in [0.4, 0.5) is 0 Å². The van der Waals surface area contributed by atoms with Gasteiger partial charge >= 0.3 is 11.9 Å². The van der Waals surface area contributed by atoms with Crippen molar-refractivity contribution in [3.63, 3.8) is 0 Å². The topological polar surface area (TPSA) is 171 Å². The normalized spacial score (nSPS) is 27.4. The maximum absolute atomic E-state index is 13.4. The number of esters is 2. The fourth-order valence-electron chi connectivity index (χ4n) is 6.34. The molecule has 0 aromatic carbocycles. The lowest BCUT2D eigenvalue weighted by Crippen LogP contribution is -2.42. The summed E-state index contributed by atoms with van der Waals surface area (Å²) in [6.45, 7) is 12.1. The van der Waals surface area contributed by atoms with Crippen LogP contribution in [0.2, 0.25) is 0 Å². The van der Waals surface area contributed by atoms with Crippen molar-refractivity contribution in [2.75, 3.05) is 6.54 Å². The molecule has 0 saturated heterocycles. The van der Waals surface area contributed by atoms with E-state index in [1.165, 1.54) is 12.5 Å². The summed E-state index contributed by atoms with van der Waals surface area (Å²) < 4.78 is 23.3. The van der Waals surface area contributed by atoms with Gasteiger partial charge in [-0.3, -0.25) is 0 Å². The molecule has 1 fully saturated rings. The van der Waals surface area contributed by atoms with Crippen molar-refractivity contribution in [1.29, 1.82) is 0 Å². The number of ether oxygens (including phenoxy) is 2. The number of allylic oxidation sites excluding steroid dienone is 10. The lowest BCUT2D eigenvalue weighted by molar-refractivity contribution is -0.0462. The molecule has 0 spiro atoms. The molecule has 7 atom stereocenters. The zero-order chi connectivity index (χ0) is 42.1. The van der Waals surface area contributed by atoms with Crippen LogP contribution in [0, 0.1) is 28.6 Å². The zero-order valence-electron chi connectivity index (χ0n) is 34.9. The lowest BCUT2D eigenvalue weighted by Gasteiger charge is -2.36. The first kappa shape index (κ1) is 45.9. The highest BCUT2D eigenvalue weighted by Crippen LogP contribution is 2.41. The van der Waals surface area contributed by atoms with E-state index in [2.05, 4.69) is 29.0 Å². The van der Waals surface area contributed by atoms with Gasteiger partial charge < -0.3 is 34.3 Å². The average Bonchev–Trinajstić information content (AvgIpc) is 3.49. The van der Waals surface area contributed by atoms with Gasteiger partial charge in [0.1, 0.15) is 24.7 Å². The highest BCUT2D eigenvalue weighted by molar-refractivity contribution is 5.87. The average molecular weight is 798 g/mol. The van der Waals surface area contributed by atoms with Crippen LogP contribution in [0.5, 0.6) is 0 Å². The second-order valence-electron chi connectivity index (χ2n) is 16.3. The van der Waals surface area contributed by atoms with E-state index in [-0.39, 0.29) is 23.2 Å². The summed E-state index contributed by atoms with van der Waals surface area (Å²) in [5, 5.41) is 22.2. The Bertz CT molecular complexity index is 1850. The molecule has 4 N–H and O–H groups in total. The number of aromatic nitrogens is 2. The predicted molar refractivity (Wildman–Crippen MR) is 226 cm³/mol. The van der Waals surface area contributed by atoms with E-state index in [4.69, 9.17) is 24.0 Å². The van der Waals surface area contributed by atoms with E-state index in [1.54, 1.807) is 18.2 Å². The number of aliphatic hydroxyl groups is 2. The summed E-state index contributed by atoms with van der Waals surface area (Å²) in [4.78, 5) is 35.5. The van der Waals surface area contributed by atoms with Crippen molar-refractivity contribution in [1.82, 2.24) is 9.97 Å². The molecule has 0 amide bonds. The van der Waals surface area contributed by atoms with Crippen molar-refractivity contribution < 1.29 is 38.1 Å². The highest BCUT2D eigenvalue weighted by atomic mass is 16.6. The first-order valence-corrected chi connectivity index (χ1v) is 20.5. The molecule has 58 heavy (non-hydrogen) atoms. The van der Waals surface area contributed by atoms with Gasteiger partial charge in [-0.1, -0.05) is 139 Å². The molecule has 4 bridgehead atoms. The third-order valence-electron chi connectivity index (χ3n) is 10.7. The lowest BCUT2D eigenvalue weighted by atomic mass is 9.78. The van der Waals surface area contributed by atoms with E-state index in [0.717, 1.165) is 19.3 Å². The molecule has 1 aliphatic heterocycles. The Morgan fingerprint density at radius 1 is 0.776 bits per heavy atom. The number of rotatable bonds is 10. The fraction of sp³-hybridized carbons (Fsp3) is 0.489. The van der Waals surface area contributed by atoms with Crippen molar-refractivity contribution in [2.24, 2.45) is 34.3 Å². The van der Waals surface area contributed by atoms with Crippen LogP contribution in [-0.4, -0.2) is 63.1 Å². The van der Waals surface area contributed by atoms with Gasteiger partial charge in [0.05, 0.1) is 12.2 Å². The molecule has 2 aromatic rings. The number of fused-ring (bicyclic) bond motifs is 5. The van der Waals surface area contributed by atoms with Gasteiger partial charge in [0, 0.05) is 36.2 Å². The third-order valence-corrected chi connectivity index (χ3v) is 10.7. The highest BCUT2D eigenvalue weighted by Gasteiger charge is 2.40. The minimum Gasteiger partial charge on any atom is -0.457 e. The minimum atomic E-state index is -0.900. The van der Waals surface area contributed by atoms with Gasteiger partial charge in [-0.2, -0.15) is 0 Å².